The molecule has 0 aliphatic heterocycles. The minimum Gasteiger partial charge on any atom is -0.136 e. The molecule has 45 heavy (non-hydrogen) atoms. The van der Waals surface area contributed by atoms with Gasteiger partial charge >= 0.3 is 0 Å². The first-order chi connectivity index (χ1) is 22.1. The zero-order chi connectivity index (χ0) is 32.0. The Labute approximate surface area is 287 Å². The van der Waals surface area contributed by atoms with Crippen molar-refractivity contribution in [2.75, 3.05) is 0 Å². The number of unbranched alkanes of at least 4 members (excludes halogenated alkanes) is 6. The van der Waals surface area contributed by atoms with Crippen LogP contribution in [0.2, 0.25) is 0 Å². The molecule has 246 valence electrons. The van der Waals surface area contributed by atoms with E-state index in [4.69, 9.17) is 0 Å². The van der Waals surface area contributed by atoms with Gasteiger partial charge in [0.25, 0.3) is 0 Å². The molecule has 0 amide bonds. The molecule has 0 atom stereocenters. The highest BCUT2D eigenvalue weighted by atomic mass is 32.1. The topological polar surface area (TPSA) is 0 Å². The molecule has 0 spiro atoms. The summed E-state index contributed by atoms with van der Waals surface area (Å²) in [6.45, 7) is 14.0. The van der Waals surface area contributed by atoms with Crippen LogP contribution < -0.4 is 0 Å². The van der Waals surface area contributed by atoms with Gasteiger partial charge in [-0.2, -0.15) is 0 Å². The molecule has 6 bridgehead atoms. The second kappa shape index (κ2) is 19.2. The number of aryl methyl sites for hydroxylation is 6. The van der Waals surface area contributed by atoms with Crippen molar-refractivity contribution >= 4 is 62.2 Å². The molecular formula is C42H60S3. The summed E-state index contributed by atoms with van der Waals surface area (Å²) in [7, 11) is 0. The number of hydrogen-bond acceptors (Lipinski definition) is 3. The number of fused-ring (bicyclic) bond motifs is 6. The highest BCUT2D eigenvalue weighted by Crippen LogP contribution is 2.38. The van der Waals surface area contributed by atoms with Gasteiger partial charge in [0.15, 0.2) is 0 Å². The molecule has 4 aromatic rings. The van der Waals surface area contributed by atoms with Crippen molar-refractivity contribution in [2.24, 2.45) is 0 Å². The quantitative estimate of drug-likeness (QED) is 0.0996. The van der Waals surface area contributed by atoms with E-state index < -0.39 is 0 Å². The summed E-state index contributed by atoms with van der Waals surface area (Å²) in [6.07, 6.45) is 22.3. The van der Waals surface area contributed by atoms with Crippen molar-refractivity contribution in [1.29, 1.82) is 0 Å². The van der Waals surface area contributed by atoms with Crippen LogP contribution in [0.1, 0.15) is 152 Å². The standard InChI is InChI=1S/C42H60S3/c1-7-13-19-31-32(20-14-8-2)38-27-28-40-35(23-17-11-5)36(24-18-12-6)42(45-40)30-29-41-34(22-16-10-4)33(21-15-9-3)39(44-41)26-25-37(31)43-38/h25-30H,7-24H2,1-6H3. The molecule has 0 nitrogen and oxygen atoms in total. The summed E-state index contributed by atoms with van der Waals surface area (Å²) < 4.78 is 9.04. The van der Waals surface area contributed by atoms with Crippen molar-refractivity contribution in [3.63, 3.8) is 0 Å². The fraction of sp³-hybridized carbons (Fsp3) is 0.571. The van der Waals surface area contributed by atoms with Gasteiger partial charge in [-0.3, -0.25) is 0 Å². The molecule has 4 heterocycles. The Morgan fingerprint density at radius 3 is 0.578 bits per heavy atom. The Balaban J connectivity index is 2.15. The highest BCUT2D eigenvalue weighted by Gasteiger charge is 2.15. The number of thiophene rings is 3. The van der Waals surface area contributed by atoms with Gasteiger partial charge in [0.1, 0.15) is 0 Å². The molecule has 0 radical (unpaired) electrons. The Kier molecular flexibility index (Phi) is 15.4. The third-order valence-corrected chi connectivity index (χ3v) is 13.0. The van der Waals surface area contributed by atoms with Gasteiger partial charge in [-0.25, -0.2) is 0 Å². The lowest BCUT2D eigenvalue weighted by Crippen LogP contribution is -1.92. The van der Waals surface area contributed by atoms with Crippen molar-refractivity contribution in [1.82, 2.24) is 0 Å². The van der Waals surface area contributed by atoms with Gasteiger partial charge in [0, 0.05) is 28.2 Å². The molecule has 0 N–H and O–H groups in total. The fourth-order valence-corrected chi connectivity index (χ4v) is 10.3. The van der Waals surface area contributed by atoms with E-state index in [9.17, 15) is 0 Å². The lowest BCUT2D eigenvalue weighted by molar-refractivity contribution is 0.766. The van der Waals surface area contributed by atoms with Crippen LogP contribution in [-0.2, 0) is 38.5 Å². The highest BCUT2D eigenvalue weighted by molar-refractivity contribution is 7.25. The maximum absolute atomic E-state index is 2.51. The third kappa shape index (κ3) is 9.45. The van der Waals surface area contributed by atoms with Crippen LogP contribution in [0.5, 0.6) is 0 Å². The maximum Gasteiger partial charge on any atom is 0.0312 e. The predicted molar refractivity (Wildman–Crippen MR) is 211 cm³/mol. The molecule has 0 saturated heterocycles. The molecule has 0 aliphatic rings. The fourth-order valence-electron chi connectivity index (χ4n) is 6.64. The number of hydrogen-bond donors (Lipinski definition) is 0. The molecule has 3 heteroatoms. The smallest absolute Gasteiger partial charge is 0.0312 e. The van der Waals surface area contributed by atoms with E-state index >= 15 is 0 Å². The van der Waals surface area contributed by atoms with E-state index in [1.807, 2.05) is 0 Å². The number of rotatable bonds is 18. The molecule has 0 aliphatic carbocycles. The Hall–Kier alpha value is -1.68. The van der Waals surface area contributed by atoms with E-state index in [0.29, 0.717) is 0 Å². The first kappa shape index (κ1) is 36.2. The minimum atomic E-state index is 1.20. The van der Waals surface area contributed by atoms with E-state index in [1.54, 1.807) is 33.4 Å². The second-order valence-corrected chi connectivity index (χ2v) is 16.2. The van der Waals surface area contributed by atoms with Crippen molar-refractivity contribution in [3.05, 3.63) is 69.8 Å². The molecule has 0 fully saturated rings. The Morgan fingerprint density at radius 1 is 0.289 bits per heavy atom. The Bertz CT molecular complexity index is 1280. The predicted octanol–water partition coefficient (Wildman–Crippen LogP) is 15.1. The van der Waals surface area contributed by atoms with Crippen LogP contribution in [-0.4, -0.2) is 0 Å². The molecular weight excluding hydrogens is 601 g/mol. The first-order valence-electron chi connectivity index (χ1n) is 18.6. The largest absolute Gasteiger partial charge is 0.136 e. The monoisotopic (exact) mass is 660 g/mol. The zero-order valence-corrected chi connectivity index (χ0v) is 31.9. The van der Waals surface area contributed by atoms with E-state index in [-0.39, 0.29) is 0 Å². The van der Waals surface area contributed by atoms with Gasteiger partial charge in [-0.15, -0.1) is 34.0 Å². The maximum atomic E-state index is 2.51. The lowest BCUT2D eigenvalue weighted by atomic mass is 9.98. The first-order valence-corrected chi connectivity index (χ1v) is 21.0. The molecule has 4 aromatic heterocycles. The summed E-state index contributed by atoms with van der Waals surface area (Å²) in [5, 5.41) is 0. The van der Waals surface area contributed by atoms with Gasteiger partial charge in [-0.05, 0) is 147 Å². The summed E-state index contributed by atoms with van der Waals surface area (Å²) >= 11 is 6.18. The van der Waals surface area contributed by atoms with E-state index in [1.165, 1.54) is 144 Å². The molecule has 0 aromatic carbocycles. The van der Waals surface area contributed by atoms with E-state index in [0.717, 1.165) is 0 Å². The average Bonchev–Trinajstić information content (AvgIpc) is 3.68. The summed E-state index contributed by atoms with van der Waals surface area (Å²) in [6, 6.07) is 15.1. The molecule has 4 rings (SSSR count). The van der Waals surface area contributed by atoms with Crippen LogP contribution >= 0.6 is 34.0 Å². The van der Waals surface area contributed by atoms with Crippen LogP contribution in [0.15, 0.2) is 36.4 Å². The lowest BCUT2D eigenvalue weighted by Gasteiger charge is -2.06. The van der Waals surface area contributed by atoms with Crippen LogP contribution in [0.25, 0.3) is 28.2 Å². The molecule has 0 saturated carbocycles. The van der Waals surface area contributed by atoms with Crippen LogP contribution in [0.4, 0.5) is 0 Å². The summed E-state index contributed by atoms with van der Waals surface area (Å²) in [4.78, 5) is 0. The Morgan fingerprint density at radius 2 is 0.444 bits per heavy atom. The minimum absolute atomic E-state index is 1.20. The van der Waals surface area contributed by atoms with Gasteiger partial charge < -0.3 is 0 Å². The van der Waals surface area contributed by atoms with Crippen molar-refractivity contribution in [2.45, 2.75) is 157 Å². The summed E-state index contributed by atoms with van der Waals surface area (Å²) in [5.74, 6) is 0. The normalized spacial score (nSPS) is 11.6. The van der Waals surface area contributed by atoms with E-state index in [2.05, 4.69) is 112 Å². The SMILES string of the molecule is CCCCc1c(CCCC)c2ccc3sc(ccc4sc(ccc1s2)c(CCCC)c4CCCC)c(CCCC)c3CCCC. The summed E-state index contributed by atoms with van der Waals surface area (Å²) in [5.41, 5.74) is 9.82. The molecule has 0 unspecified atom stereocenters. The van der Waals surface area contributed by atoms with Gasteiger partial charge in [0.05, 0.1) is 0 Å². The zero-order valence-electron chi connectivity index (χ0n) is 29.4. The van der Waals surface area contributed by atoms with Gasteiger partial charge in [-0.1, -0.05) is 80.1 Å². The van der Waals surface area contributed by atoms with Crippen LogP contribution in [0.3, 0.4) is 0 Å². The van der Waals surface area contributed by atoms with Crippen molar-refractivity contribution < 1.29 is 0 Å². The third-order valence-electron chi connectivity index (χ3n) is 9.38. The van der Waals surface area contributed by atoms with Crippen molar-refractivity contribution in [3.8, 4) is 0 Å². The van der Waals surface area contributed by atoms with Crippen LogP contribution in [0, 0.1) is 0 Å². The van der Waals surface area contributed by atoms with Gasteiger partial charge in [0.2, 0.25) is 0 Å². The average molecular weight is 661 g/mol. The second-order valence-electron chi connectivity index (χ2n) is 13.0.